The molecule has 0 fully saturated rings. The molecule has 1 aliphatic rings. The van der Waals surface area contributed by atoms with Crippen molar-refractivity contribution in [2.24, 2.45) is 0 Å². The zero-order valence-corrected chi connectivity index (χ0v) is 7.23. The third-order valence-electron chi connectivity index (χ3n) is 2.01. The van der Waals surface area contributed by atoms with Crippen LogP contribution in [0, 0.1) is 0 Å². The Morgan fingerprint density at radius 1 is 1.33 bits per heavy atom. The van der Waals surface area contributed by atoms with Gasteiger partial charge in [0.2, 0.25) is 0 Å². The van der Waals surface area contributed by atoms with Crippen LogP contribution in [0.4, 0.5) is 0 Å². The molecule has 0 aliphatic carbocycles. The Labute approximate surface area is 72.3 Å². The van der Waals surface area contributed by atoms with Gasteiger partial charge < -0.3 is 15.4 Å². The van der Waals surface area contributed by atoms with Gasteiger partial charge in [-0.2, -0.15) is 0 Å². The summed E-state index contributed by atoms with van der Waals surface area (Å²) in [4.78, 5) is 1.71. The van der Waals surface area contributed by atoms with Gasteiger partial charge in [-0.3, -0.25) is 4.90 Å². The number of likely N-dealkylation sites (N-methyl/N-ethyl adjacent to an activating group) is 1. The number of dihydropyridines is 1. The minimum Gasteiger partial charge on any atom is -0.424 e. The van der Waals surface area contributed by atoms with Crippen molar-refractivity contribution in [3.8, 4) is 0 Å². The molecule has 1 unspecified atom stereocenters. The average molecular weight is 168 g/mol. The second-order valence-corrected chi connectivity index (χ2v) is 2.96. The van der Waals surface area contributed by atoms with Crippen molar-refractivity contribution in [2.45, 2.75) is 5.56 Å². The predicted molar refractivity (Wildman–Crippen MR) is 48.0 cm³/mol. The molecule has 1 atom stereocenters. The molecule has 1 heterocycles. The van der Waals surface area contributed by atoms with Crippen molar-refractivity contribution in [3.05, 3.63) is 24.4 Å². The first-order valence-corrected chi connectivity index (χ1v) is 3.75. The van der Waals surface area contributed by atoms with E-state index in [1.807, 2.05) is 0 Å². The lowest BCUT2D eigenvalue weighted by molar-refractivity contribution is 0.203. The fourth-order valence-electron chi connectivity index (χ4n) is 1.16. The first kappa shape index (κ1) is 9.31. The number of nitrogens with one attached hydrogen (secondary N) is 1. The van der Waals surface area contributed by atoms with Gasteiger partial charge in [0.15, 0.2) is 0 Å². The molecule has 0 aromatic carbocycles. The molecular formula is C7H13BN2O2. The first-order chi connectivity index (χ1) is 5.59. The fourth-order valence-corrected chi connectivity index (χ4v) is 1.16. The smallest absolute Gasteiger partial charge is 0.424 e. The molecule has 3 N–H and O–H groups in total. The Balaban J connectivity index is 2.88. The topological polar surface area (TPSA) is 55.7 Å². The molecule has 0 bridgehead atoms. The number of rotatable bonds is 2. The van der Waals surface area contributed by atoms with Crippen molar-refractivity contribution in [3.63, 3.8) is 0 Å². The molecule has 12 heavy (non-hydrogen) atoms. The summed E-state index contributed by atoms with van der Waals surface area (Å²) in [5.41, 5.74) is -0.894. The zero-order chi connectivity index (χ0) is 9.19. The molecule has 0 aromatic rings. The molecule has 0 saturated heterocycles. The quantitative estimate of drug-likeness (QED) is 0.459. The van der Waals surface area contributed by atoms with E-state index in [2.05, 4.69) is 5.32 Å². The monoisotopic (exact) mass is 168 g/mol. The molecule has 5 heteroatoms. The van der Waals surface area contributed by atoms with Gasteiger partial charge >= 0.3 is 7.12 Å². The van der Waals surface area contributed by atoms with Crippen molar-refractivity contribution in [1.29, 1.82) is 0 Å². The number of nitrogens with zero attached hydrogens (tertiary/aromatic N) is 1. The molecule has 0 spiro atoms. The molecule has 66 valence electrons. The van der Waals surface area contributed by atoms with E-state index in [1.165, 1.54) is 0 Å². The zero-order valence-electron chi connectivity index (χ0n) is 7.23. The van der Waals surface area contributed by atoms with Gasteiger partial charge in [-0.1, -0.05) is 6.08 Å². The molecular weight excluding hydrogens is 155 g/mol. The van der Waals surface area contributed by atoms with E-state index >= 15 is 0 Å². The summed E-state index contributed by atoms with van der Waals surface area (Å²) in [6.45, 7) is 0. The van der Waals surface area contributed by atoms with Crippen molar-refractivity contribution in [2.75, 3.05) is 14.1 Å². The van der Waals surface area contributed by atoms with Gasteiger partial charge in [-0.15, -0.1) is 0 Å². The summed E-state index contributed by atoms with van der Waals surface area (Å²) in [5, 5.41) is 21.2. The second-order valence-electron chi connectivity index (χ2n) is 2.96. The summed E-state index contributed by atoms with van der Waals surface area (Å²) in [6, 6.07) is 0. The van der Waals surface area contributed by atoms with E-state index < -0.39 is 12.7 Å². The van der Waals surface area contributed by atoms with Crippen LogP contribution in [0.25, 0.3) is 0 Å². The highest BCUT2D eigenvalue weighted by Gasteiger charge is 2.42. The minimum atomic E-state index is -1.45. The Kier molecular flexibility index (Phi) is 2.57. The van der Waals surface area contributed by atoms with Crippen molar-refractivity contribution in [1.82, 2.24) is 10.2 Å². The van der Waals surface area contributed by atoms with E-state index in [1.54, 1.807) is 43.4 Å². The van der Waals surface area contributed by atoms with Crippen LogP contribution in [0.15, 0.2) is 24.4 Å². The second kappa shape index (κ2) is 3.31. The summed E-state index contributed by atoms with van der Waals surface area (Å²) in [6.07, 6.45) is 6.96. The SMILES string of the molecule is CN(C)C1(B(O)O)C=CC=CN1. The molecule has 0 radical (unpaired) electrons. The van der Waals surface area contributed by atoms with Crippen LogP contribution in [-0.4, -0.2) is 41.7 Å². The van der Waals surface area contributed by atoms with E-state index in [0.717, 1.165) is 0 Å². The maximum atomic E-state index is 9.16. The summed E-state index contributed by atoms with van der Waals surface area (Å²) in [5.74, 6) is 0. The van der Waals surface area contributed by atoms with Crippen LogP contribution in [0.5, 0.6) is 0 Å². The average Bonchev–Trinajstić information content (AvgIpc) is 2.05. The molecule has 1 rings (SSSR count). The number of hydrogen-bond donors (Lipinski definition) is 3. The third kappa shape index (κ3) is 1.39. The lowest BCUT2D eigenvalue weighted by Crippen LogP contribution is -2.64. The fraction of sp³-hybridized carbons (Fsp3) is 0.429. The maximum Gasteiger partial charge on any atom is 0.499 e. The molecule has 1 aliphatic heterocycles. The standard InChI is InChI=1S/C7H13BN2O2/c1-10(2)7(8(11)12)5-3-4-6-9-7/h3-6,9,11-12H,1-2H3. The number of hydrogen-bond acceptors (Lipinski definition) is 4. The Morgan fingerprint density at radius 2 is 2.00 bits per heavy atom. The van der Waals surface area contributed by atoms with Gasteiger partial charge in [0.25, 0.3) is 0 Å². The van der Waals surface area contributed by atoms with Gasteiger partial charge in [0.05, 0.1) is 0 Å². The van der Waals surface area contributed by atoms with E-state index in [9.17, 15) is 0 Å². The minimum absolute atomic E-state index is 0.894. The number of allylic oxidation sites excluding steroid dienone is 2. The van der Waals surface area contributed by atoms with Gasteiger partial charge in [0, 0.05) is 0 Å². The van der Waals surface area contributed by atoms with Crippen LogP contribution < -0.4 is 5.32 Å². The summed E-state index contributed by atoms with van der Waals surface area (Å²) < 4.78 is 0. The molecule has 0 aromatic heterocycles. The van der Waals surface area contributed by atoms with Crippen molar-refractivity contribution >= 4 is 7.12 Å². The first-order valence-electron chi connectivity index (χ1n) is 3.75. The lowest BCUT2D eigenvalue weighted by Gasteiger charge is -2.37. The Hall–Kier alpha value is -0.775. The van der Waals surface area contributed by atoms with E-state index in [-0.39, 0.29) is 0 Å². The molecule has 0 saturated carbocycles. The van der Waals surface area contributed by atoms with E-state index in [0.29, 0.717) is 0 Å². The highest BCUT2D eigenvalue weighted by atomic mass is 16.4. The maximum absolute atomic E-state index is 9.16. The third-order valence-corrected chi connectivity index (χ3v) is 2.01. The predicted octanol–water partition coefficient (Wildman–Crippen LogP) is -1.07. The molecule has 0 amide bonds. The highest BCUT2D eigenvalue weighted by Crippen LogP contribution is 2.14. The van der Waals surface area contributed by atoms with E-state index in [4.69, 9.17) is 10.0 Å². The van der Waals surface area contributed by atoms with Crippen LogP contribution in [0.2, 0.25) is 0 Å². The molecule has 4 nitrogen and oxygen atoms in total. The Morgan fingerprint density at radius 3 is 2.25 bits per heavy atom. The van der Waals surface area contributed by atoms with Crippen LogP contribution in [0.1, 0.15) is 0 Å². The van der Waals surface area contributed by atoms with Gasteiger partial charge in [-0.25, -0.2) is 0 Å². The van der Waals surface area contributed by atoms with Gasteiger partial charge in [-0.05, 0) is 32.4 Å². The van der Waals surface area contributed by atoms with Crippen LogP contribution >= 0.6 is 0 Å². The van der Waals surface area contributed by atoms with Crippen LogP contribution in [-0.2, 0) is 0 Å². The largest absolute Gasteiger partial charge is 0.499 e. The lowest BCUT2D eigenvalue weighted by atomic mass is 9.70. The summed E-state index contributed by atoms with van der Waals surface area (Å²) in [7, 11) is 2.10. The van der Waals surface area contributed by atoms with Gasteiger partial charge in [0.1, 0.15) is 5.56 Å². The Bertz CT molecular complexity index is 205. The van der Waals surface area contributed by atoms with Crippen LogP contribution in [0.3, 0.4) is 0 Å². The summed E-state index contributed by atoms with van der Waals surface area (Å²) >= 11 is 0. The normalized spacial score (nSPS) is 27.4. The van der Waals surface area contributed by atoms with Crippen molar-refractivity contribution < 1.29 is 10.0 Å². The highest BCUT2D eigenvalue weighted by molar-refractivity contribution is 6.46.